The number of methoxy groups -OCH3 is 2. The number of hydrogen-bond donors (Lipinski definition) is 2. The Morgan fingerprint density at radius 2 is 2.05 bits per heavy atom. The Labute approximate surface area is 123 Å². The lowest BCUT2D eigenvalue weighted by Crippen LogP contribution is -2.19. The summed E-state index contributed by atoms with van der Waals surface area (Å²) in [6.45, 7) is 3.51. The molecular formula is C14H22BrNO3. The van der Waals surface area contributed by atoms with Gasteiger partial charge in [0.2, 0.25) is 0 Å². The van der Waals surface area contributed by atoms with Crippen LogP contribution in [0.5, 0.6) is 11.5 Å². The average Bonchev–Trinajstić information content (AvgIpc) is 2.42. The summed E-state index contributed by atoms with van der Waals surface area (Å²) in [5.41, 5.74) is 1.11. The van der Waals surface area contributed by atoms with Crippen LogP contribution >= 0.6 is 15.9 Å². The molecule has 0 radical (unpaired) electrons. The molecule has 1 aromatic rings. The molecule has 1 rings (SSSR count). The monoisotopic (exact) mass is 331 g/mol. The first-order valence-electron chi connectivity index (χ1n) is 6.41. The normalized spacial score (nSPS) is 12.3. The standard InChI is InChI=1S/C14H22BrNO3/c1-4-11(17)5-6-16-9-10-7-12(15)14(19-3)13(8-10)18-2/h7-8,11,16-17H,4-6,9H2,1-3H3. The van der Waals surface area contributed by atoms with Crippen molar-refractivity contribution in [1.82, 2.24) is 5.32 Å². The van der Waals surface area contributed by atoms with E-state index in [4.69, 9.17) is 9.47 Å². The molecule has 0 bridgehead atoms. The number of aliphatic hydroxyl groups is 1. The Morgan fingerprint density at radius 3 is 2.63 bits per heavy atom. The van der Waals surface area contributed by atoms with Crippen LogP contribution in [0.1, 0.15) is 25.3 Å². The SMILES string of the molecule is CCC(O)CCNCc1cc(Br)c(OC)c(OC)c1. The molecule has 1 atom stereocenters. The van der Waals surface area contributed by atoms with E-state index in [2.05, 4.69) is 21.2 Å². The first-order valence-corrected chi connectivity index (χ1v) is 7.20. The predicted molar refractivity (Wildman–Crippen MR) is 79.9 cm³/mol. The van der Waals surface area contributed by atoms with Gasteiger partial charge in [0.25, 0.3) is 0 Å². The molecule has 0 fully saturated rings. The molecule has 0 aliphatic rings. The summed E-state index contributed by atoms with van der Waals surface area (Å²) in [6, 6.07) is 3.96. The molecule has 2 N–H and O–H groups in total. The maximum absolute atomic E-state index is 9.47. The summed E-state index contributed by atoms with van der Waals surface area (Å²) in [5, 5.41) is 12.8. The Morgan fingerprint density at radius 1 is 1.32 bits per heavy atom. The van der Waals surface area contributed by atoms with Crippen LogP contribution in [0.2, 0.25) is 0 Å². The van der Waals surface area contributed by atoms with E-state index in [0.717, 1.165) is 36.0 Å². The van der Waals surface area contributed by atoms with Gasteiger partial charge >= 0.3 is 0 Å². The molecule has 108 valence electrons. The van der Waals surface area contributed by atoms with Crippen molar-refractivity contribution in [1.29, 1.82) is 0 Å². The molecule has 1 aromatic carbocycles. The number of rotatable bonds is 8. The maximum atomic E-state index is 9.47. The maximum Gasteiger partial charge on any atom is 0.174 e. The van der Waals surface area contributed by atoms with Gasteiger partial charge in [0.05, 0.1) is 24.8 Å². The molecule has 19 heavy (non-hydrogen) atoms. The van der Waals surface area contributed by atoms with Gasteiger partial charge in [-0.1, -0.05) is 6.92 Å². The van der Waals surface area contributed by atoms with Crippen LogP contribution in [0.15, 0.2) is 16.6 Å². The molecule has 0 aromatic heterocycles. The zero-order valence-electron chi connectivity index (χ0n) is 11.7. The highest BCUT2D eigenvalue weighted by Gasteiger charge is 2.10. The van der Waals surface area contributed by atoms with E-state index < -0.39 is 0 Å². The lowest BCUT2D eigenvalue weighted by Gasteiger charge is -2.13. The fourth-order valence-corrected chi connectivity index (χ4v) is 2.43. The summed E-state index contributed by atoms with van der Waals surface area (Å²) >= 11 is 3.47. The van der Waals surface area contributed by atoms with Crippen LogP contribution in [0.4, 0.5) is 0 Å². The number of benzene rings is 1. The number of aliphatic hydroxyl groups excluding tert-OH is 1. The number of halogens is 1. The van der Waals surface area contributed by atoms with Crippen molar-refractivity contribution in [2.75, 3.05) is 20.8 Å². The Bertz CT molecular complexity index is 399. The van der Waals surface area contributed by atoms with Gasteiger partial charge in [-0.25, -0.2) is 0 Å². The third-order valence-electron chi connectivity index (χ3n) is 2.95. The fourth-order valence-electron chi connectivity index (χ4n) is 1.78. The van der Waals surface area contributed by atoms with Crippen molar-refractivity contribution in [3.8, 4) is 11.5 Å². The minimum absolute atomic E-state index is 0.218. The van der Waals surface area contributed by atoms with E-state index in [1.807, 2.05) is 19.1 Å². The smallest absolute Gasteiger partial charge is 0.174 e. The first kappa shape index (κ1) is 16.3. The molecule has 0 heterocycles. The fraction of sp³-hybridized carbons (Fsp3) is 0.571. The van der Waals surface area contributed by atoms with E-state index in [-0.39, 0.29) is 6.10 Å². The zero-order chi connectivity index (χ0) is 14.3. The van der Waals surface area contributed by atoms with Crippen molar-refractivity contribution in [3.05, 3.63) is 22.2 Å². The molecule has 4 nitrogen and oxygen atoms in total. The summed E-state index contributed by atoms with van der Waals surface area (Å²) in [4.78, 5) is 0. The third kappa shape index (κ3) is 5.01. The average molecular weight is 332 g/mol. The minimum Gasteiger partial charge on any atom is -0.493 e. The molecule has 1 unspecified atom stereocenters. The van der Waals surface area contributed by atoms with E-state index in [0.29, 0.717) is 11.5 Å². The second-order valence-corrected chi connectivity index (χ2v) is 5.20. The van der Waals surface area contributed by atoms with Crippen molar-refractivity contribution >= 4 is 15.9 Å². The molecule has 0 aliphatic carbocycles. The van der Waals surface area contributed by atoms with Crippen LogP contribution in [0, 0.1) is 0 Å². The molecule has 0 saturated heterocycles. The van der Waals surface area contributed by atoms with Crippen molar-refractivity contribution < 1.29 is 14.6 Å². The quantitative estimate of drug-likeness (QED) is 0.719. The number of hydrogen-bond acceptors (Lipinski definition) is 4. The second kappa shape index (κ2) is 8.40. The Balaban J connectivity index is 2.57. The largest absolute Gasteiger partial charge is 0.493 e. The minimum atomic E-state index is -0.218. The predicted octanol–water partition coefficient (Wildman–Crippen LogP) is 2.72. The van der Waals surface area contributed by atoms with Crippen LogP contribution in [0.25, 0.3) is 0 Å². The van der Waals surface area contributed by atoms with Crippen LogP contribution in [-0.2, 0) is 6.54 Å². The second-order valence-electron chi connectivity index (χ2n) is 4.34. The Kier molecular flexibility index (Phi) is 7.20. The molecule has 0 spiro atoms. The van der Waals surface area contributed by atoms with E-state index in [9.17, 15) is 5.11 Å². The van der Waals surface area contributed by atoms with Crippen molar-refractivity contribution in [2.45, 2.75) is 32.4 Å². The lowest BCUT2D eigenvalue weighted by molar-refractivity contribution is 0.159. The van der Waals surface area contributed by atoms with Gasteiger partial charge in [-0.3, -0.25) is 0 Å². The van der Waals surface area contributed by atoms with Crippen LogP contribution in [-0.4, -0.2) is 32.0 Å². The highest BCUT2D eigenvalue weighted by Crippen LogP contribution is 2.36. The zero-order valence-corrected chi connectivity index (χ0v) is 13.3. The van der Waals surface area contributed by atoms with Gasteiger partial charge in [-0.05, 0) is 53.0 Å². The highest BCUT2D eigenvalue weighted by molar-refractivity contribution is 9.10. The van der Waals surface area contributed by atoms with E-state index in [1.165, 1.54) is 0 Å². The van der Waals surface area contributed by atoms with E-state index in [1.54, 1.807) is 14.2 Å². The number of ether oxygens (including phenoxy) is 2. The molecule has 0 amide bonds. The molecule has 0 saturated carbocycles. The van der Waals surface area contributed by atoms with Gasteiger partial charge in [0.15, 0.2) is 11.5 Å². The molecular weight excluding hydrogens is 310 g/mol. The van der Waals surface area contributed by atoms with Gasteiger partial charge in [-0.2, -0.15) is 0 Å². The van der Waals surface area contributed by atoms with Crippen molar-refractivity contribution in [2.24, 2.45) is 0 Å². The summed E-state index contributed by atoms with van der Waals surface area (Å²) in [5.74, 6) is 1.41. The van der Waals surface area contributed by atoms with Gasteiger partial charge < -0.3 is 19.9 Å². The topological polar surface area (TPSA) is 50.7 Å². The third-order valence-corrected chi connectivity index (χ3v) is 3.54. The van der Waals surface area contributed by atoms with Crippen LogP contribution < -0.4 is 14.8 Å². The molecule has 0 aliphatic heterocycles. The van der Waals surface area contributed by atoms with Crippen molar-refractivity contribution in [3.63, 3.8) is 0 Å². The van der Waals surface area contributed by atoms with Gasteiger partial charge in [0.1, 0.15) is 0 Å². The summed E-state index contributed by atoms with van der Waals surface area (Å²) < 4.78 is 11.4. The van der Waals surface area contributed by atoms with Gasteiger partial charge in [-0.15, -0.1) is 0 Å². The number of nitrogens with one attached hydrogen (secondary N) is 1. The lowest BCUT2D eigenvalue weighted by atomic mass is 10.2. The Hall–Kier alpha value is -0.780. The molecule has 5 heteroatoms. The summed E-state index contributed by atoms with van der Waals surface area (Å²) in [7, 11) is 3.24. The van der Waals surface area contributed by atoms with Gasteiger partial charge in [0, 0.05) is 6.54 Å². The summed E-state index contributed by atoms with van der Waals surface area (Å²) in [6.07, 6.45) is 1.35. The van der Waals surface area contributed by atoms with E-state index >= 15 is 0 Å². The first-order chi connectivity index (χ1) is 9.12. The highest BCUT2D eigenvalue weighted by atomic mass is 79.9. The van der Waals surface area contributed by atoms with Crippen LogP contribution in [0.3, 0.4) is 0 Å².